The summed E-state index contributed by atoms with van der Waals surface area (Å²) in [5, 5.41) is 6.03. The number of nitrogens with one attached hydrogen (secondary N) is 2. The predicted octanol–water partition coefficient (Wildman–Crippen LogP) is 4.01. The second-order valence-corrected chi connectivity index (χ2v) is 6.07. The lowest BCUT2D eigenvalue weighted by Gasteiger charge is -2.19. The third-order valence-electron chi connectivity index (χ3n) is 3.04. The maximum atomic E-state index is 13.9. The monoisotopic (exact) mass is 288 g/mol. The van der Waals surface area contributed by atoms with Gasteiger partial charge in [0.15, 0.2) is 0 Å². The van der Waals surface area contributed by atoms with Gasteiger partial charge in [0, 0.05) is 18.5 Å². The highest BCUT2D eigenvalue weighted by Crippen LogP contribution is 2.25. The Labute approximate surface area is 124 Å². The van der Waals surface area contributed by atoms with Crippen molar-refractivity contribution in [2.45, 2.75) is 33.1 Å². The van der Waals surface area contributed by atoms with Gasteiger partial charge >= 0.3 is 0 Å². The number of hydrogen-bond acceptors (Lipinski definition) is 4. The van der Waals surface area contributed by atoms with Crippen LogP contribution in [-0.2, 0) is 5.41 Å². The number of rotatable bonds is 3. The van der Waals surface area contributed by atoms with Gasteiger partial charge in [-0.2, -0.15) is 0 Å². The summed E-state index contributed by atoms with van der Waals surface area (Å²) in [6.45, 7) is 7.97. The van der Waals surface area contributed by atoms with E-state index in [-0.39, 0.29) is 11.2 Å². The van der Waals surface area contributed by atoms with Crippen LogP contribution in [0.4, 0.5) is 21.7 Å². The normalized spacial score (nSPS) is 11.3. The standard InChI is InChI=1S/C16H21FN4/c1-10-6-7-12(11(17)8-10)19-14-9-13(18-5)20-15(21-14)16(2,3)4/h6-9H,1-5H3,(H2,18,19,20,21). The quantitative estimate of drug-likeness (QED) is 0.896. The van der Waals surface area contributed by atoms with E-state index in [2.05, 4.69) is 20.6 Å². The summed E-state index contributed by atoms with van der Waals surface area (Å²) in [5.41, 5.74) is 1.10. The van der Waals surface area contributed by atoms with E-state index >= 15 is 0 Å². The second-order valence-electron chi connectivity index (χ2n) is 6.07. The fourth-order valence-electron chi connectivity index (χ4n) is 1.83. The summed E-state index contributed by atoms with van der Waals surface area (Å²) < 4.78 is 13.9. The second kappa shape index (κ2) is 5.68. The number of hydrogen-bond donors (Lipinski definition) is 2. The largest absolute Gasteiger partial charge is 0.373 e. The van der Waals surface area contributed by atoms with E-state index < -0.39 is 0 Å². The molecule has 1 aromatic carbocycles. The lowest BCUT2D eigenvalue weighted by Crippen LogP contribution is -2.17. The smallest absolute Gasteiger partial charge is 0.146 e. The minimum Gasteiger partial charge on any atom is -0.373 e. The van der Waals surface area contributed by atoms with Crippen LogP contribution in [0.25, 0.3) is 0 Å². The average molecular weight is 288 g/mol. The zero-order valence-corrected chi connectivity index (χ0v) is 13.1. The van der Waals surface area contributed by atoms with E-state index in [4.69, 9.17) is 0 Å². The first kappa shape index (κ1) is 15.2. The van der Waals surface area contributed by atoms with Gasteiger partial charge in [-0.05, 0) is 24.6 Å². The molecule has 0 aliphatic rings. The Balaban J connectivity index is 2.39. The molecular weight excluding hydrogens is 267 g/mol. The van der Waals surface area contributed by atoms with Gasteiger partial charge in [0.25, 0.3) is 0 Å². The van der Waals surface area contributed by atoms with Crippen molar-refractivity contribution in [1.82, 2.24) is 9.97 Å². The number of halogens is 1. The van der Waals surface area contributed by atoms with E-state index in [1.165, 1.54) is 6.07 Å². The van der Waals surface area contributed by atoms with Gasteiger partial charge in [-0.15, -0.1) is 0 Å². The first-order valence-electron chi connectivity index (χ1n) is 6.90. The molecule has 0 saturated heterocycles. The summed E-state index contributed by atoms with van der Waals surface area (Å²) in [6.07, 6.45) is 0. The van der Waals surface area contributed by atoms with Gasteiger partial charge in [0.05, 0.1) is 5.69 Å². The Morgan fingerprint density at radius 1 is 1.05 bits per heavy atom. The Bertz CT molecular complexity index is 647. The van der Waals surface area contributed by atoms with Crippen LogP contribution in [0.3, 0.4) is 0 Å². The molecule has 0 aliphatic carbocycles. The van der Waals surface area contributed by atoms with Crippen molar-refractivity contribution in [3.05, 3.63) is 41.5 Å². The molecule has 0 saturated carbocycles. The van der Waals surface area contributed by atoms with Crippen molar-refractivity contribution >= 4 is 17.3 Å². The van der Waals surface area contributed by atoms with E-state index in [1.807, 2.05) is 33.8 Å². The minimum absolute atomic E-state index is 0.185. The maximum Gasteiger partial charge on any atom is 0.146 e. The van der Waals surface area contributed by atoms with Crippen LogP contribution in [0.2, 0.25) is 0 Å². The molecule has 21 heavy (non-hydrogen) atoms. The highest BCUT2D eigenvalue weighted by Gasteiger charge is 2.19. The van der Waals surface area contributed by atoms with Gasteiger partial charge < -0.3 is 10.6 Å². The van der Waals surface area contributed by atoms with Crippen LogP contribution in [-0.4, -0.2) is 17.0 Å². The zero-order valence-electron chi connectivity index (χ0n) is 13.1. The molecule has 0 radical (unpaired) electrons. The number of anilines is 3. The van der Waals surface area contributed by atoms with Crippen LogP contribution in [0.5, 0.6) is 0 Å². The molecule has 1 aromatic heterocycles. The topological polar surface area (TPSA) is 49.8 Å². The Hall–Kier alpha value is -2.17. The van der Waals surface area contributed by atoms with Crippen molar-refractivity contribution in [3.8, 4) is 0 Å². The average Bonchev–Trinajstić information content (AvgIpc) is 2.40. The van der Waals surface area contributed by atoms with Crippen molar-refractivity contribution in [3.63, 3.8) is 0 Å². The molecular formula is C16H21FN4. The molecule has 2 aromatic rings. The van der Waals surface area contributed by atoms with Gasteiger partial charge in [-0.3, -0.25) is 0 Å². The fraction of sp³-hybridized carbons (Fsp3) is 0.375. The lowest BCUT2D eigenvalue weighted by atomic mass is 9.96. The number of benzene rings is 1. The van der Waals surface area contributed by atoms with E-state index in [9.17, 15) is 4.39 Å². The lowest BCUT2D eigenvalue weighted by molar-refractivity contribution is 0.547. The number of aromatic nitrogens is 2. The Morgan fingerprint density at radius 3 is 2.29 bits per heavy atom. The zero-order chi connectivity index (χ0) is 15.6. The van der Waals surface area contributed by atoms with E-state index in [0.29, 0.717) is 23.1 Å². The van der Waals surface area contributed by atoms with Gasteiger partial charge in [-0.25, -0.2) is 14.4 Å². The number of aryl methyl sites for hydroxylation is 1. The van der Waals surface area contributed by atoms with Crippen molar-refractivity contribution in [2.75, 3.05) is 17.7 Å². The van der Waals surface area contributed by atoms with Gasteiger partial charge in [0.2, 0.25) is 0 Å². The number of nitrogens with zero attached hydrogens (tertiary/aromatic N) is 2. The summed E-state index contributed by atoms with van der Waals surface area (Å²) in [5.74, 6) is 1.67. The molecule has 2 N–H and O–H groups in total. The van der Waals surface area contributed by atoms with Crippen LogP contribution in [0.1, 0.15) is 32.2 Å². The highest BCUT2D eigenvalue weighted by molar-refractivity contribution is 5.60. The molecule has 112 valence electrons. The third kappa shape index (κ3) is 3.68. The molecule has 0 fully saturated rings. The van der Waals surface area contributed by atoms with Crippen LogP contribution >= 0.6 is 0 Å². The van der Waals surface area contributed by atoms with E-state index in [1.54, 1.807) is 19.2 Å². The molecule has 0 unspecified atom stereocenters. The molecule has 4 nitrogen and oxygen atoms in total. The maximum absolute atomic E-state index is 13.9. The first-order chi connectivity index (χ1) is 9.79. The molecule has 0 aliphatic heterocycles. The van der Waals surface area contributed by atoms with Crippen LogP contribution in [0.15, 0.2) is 24.3 Å². The molecule has 2 rings (SSSR count). The fourth-order valence-corrected chi connectivity index (χ4v) is 1.83. The first-order valence-corrected chi connectivity index (χ1v) is 6.90. The summed E-state index contributed by atoms with van der Waals surface area (Å²) >= 11 is 0. The Kier molecular flexibility index (Phi) is 4.11. The molecule has 5 heteroatoms. The van der Waals surface area contributed by atoms with Gasteiger partial charge in [-0.1, -0.05) is 26.8 Å². The van der Waals surface area contributed by atoms with Crippen molar-refractivity contribution in [1.29, 1.82) is 0 Å². The molecule has 0 spiro atoms. The molecule has 0 atom stereocenters. The highest BCUT2D eigenvalue weighted by atomic mass is 19.1. The van der Waals surface area contributed by atoms with Crippen molar-refractivity contribution in [2.24, 2.45) is 0 Å². The summed E-state index contributed by atoms with van der Waals surface area (Å²) in [4.78, 5) is 8.93. The molecule has 1 heterocycles. The summed E-state index contributed by atoms with van der Waals surface area (Å²) in [7, 11) is 1.80. The van der Waals surface area contributed by atoms with Crippen LogP contribution < -0.4 is 10.6 Å². The van der Waals surface area contributed by atoms with Crippen molar-refractivity contribution < 1.29 is 4.39 Å². The molecule has 0 bridgehead atoms. The minimum atomic E-state index is -0.295. The molecule has 0 amide bonds. The van der Waals surface area contributed by atoms with Gasteiger partial charge in [0.1, 0.15) is 23.3 Å². The third-order valence-corrected chi connectivity index (χ3v) is 3.04. The Morgan fingerprint density at radius 2 is 1.71 bits per heavy atom. The predicted molar refractivity (Wildman–Crippen MR) is 84.7 cm³/mol. The van der Waals surface area contributed by atoms with E-state index in [0.717, 1.165) is 5.56 Å². The van der Waals surface area contributed by atoms with Crippen LogP contribution in [0, 0.1) is 12.7 Å². The summed E-state index contributed by atoms with van der Waals surface area (Å²) in [6, 6.07) is 6.82. The SMILES string of the molecule is CNc1cc(Nc2ccc(C)cc2F)nc(C(C)(C)C)n1.